The zero-order chi connectivity index (χ0) is 26.9. The minimum absolute atomic E-state index is 0.0493. The fraction of sp³-hybridized carbons (Fsp3) is 0.533. The summed E-state index contributed by atoms with van der Waals surface area (Å²) in [5.74, 6) is 0.0493. The zero-order valence-corrected chi connectivity index (χ0v) is 21.1. The van der Waals surface area contributed by atoms with Gasteiger partial charge < -0.3 is 35.4 Å². The molecule has 1 aliphatic rings. The van der Waals surface area contributed by atoms with E-state index < -0.39 is 60.7 Å². The predicted octanol–water partition coefficient (Wildman–Crippen LogP) is 0.360. The third-order valence-corrected chi connectivity index (χ3v) is 9.06. The van der Waals surface area contributed by atoms with Crippen LogP contribution in [0, 0.1) is 0 Å². The van der Waals surface area contributed by atoms with Crippen LogP contribution in [0.5, 0.6) is 0 Å². The first-order valence-corrected chi connectivity index (χ1v) is 14.5. The van der Waals surface area contributed by atoms with E-state index in [9.17, 15) is 38.6 Å². The molecule has 202 valence electrons. The number of imidazole rings is 1. The monoisotopic (exact) mass is 575 g/mol. The van der Waals surface area contributed by atoms with Crippen molar-refractivity contribution in [3.05, 3.63) is 25.3 Å². The molecular weight excluding hydrogens is 551 g/mol. The lowest BCUT2D eigenvalue weighted by molar-refractivity contribution is -0.0503. The van der Waals surface area contributed by atoms with Gasteiger partial charge in [0.1, 0.15) is 30.2 Å². The van der Waals surface area contributed by atoms with Crippen LogP contribution >= 0.6 is 23.5 Å². The van der Waals surface area contributed by atoms with Crippen molar-refractivity contribution in [1.82, 2.24) is 19.5 Å². The third-order valence-electron chi connectivity index (χ3n) is 4.75. The van der Waals surface area contributed by atoms with Crippen molar-refractivity contribution in [3.63, 3.8) is 0 Å². The number of fused-ring (bicyclic) bond motifs is 1. The lowest BCUT2D eigenvalue weighted by atomic mass is 10.1. The van der Waals surface area contributed by atoms with E-state index in [-0.39, 0.29) is 23.4 Å². The third kappa shape index (κ3) is 6.82. The molecule has 1 saturated heterocycles. The van der Waals surface area contributed by atoms with Crippen molar-refractivity contribution in [2.75, 3.05) is 12.3 Å². The van der Waals surface area contributed by atoms with Gasteiger partial charge in [0.25, 0.3) is 0 Å². The number of nitrogen functional groups attached to an aromatic ring is 1. The van der Waals surface area contributed by atoms with E-state index in [2.05, 4.69) is 39.2 Å². The number of hydrogen-bond acceptors (Lipinski definition) is 14. The Hall–Kier alpha value is -1.62. The molecule has 18 nitrogen and oxygen atoms in total. The Morgan fingerprint density at radius 1 is 1.14 bits per heavy atom. The van der Waals surface area contributed by atoms with E-state index in [0.717, 1.165) is 12.4 Å². The van der Waals surface area contributed by atoms with Crippen LogP contribution in [0.25, 0.3) is 11.2 Å². The van der Waals surface area contributed by atoms with E-state index >= 15 is 0 Å². The normalized spacial score (nSPS) is 28.3. The van der Waals surface area contributed by atoms with Crippen LogP contribution in [-0.2, 0) is 36.1 Å². The highest BCUT2D eigenvalue weighted by Crippen LogP contribution is 2.68. The van der Waals surface area contributed by atoms with Gasteiger partial charge in [0.05, 0.1) is 19.0 Å². The van der Waals surface area contributed by atoms with Crippen LogP contribution in [-0.4, -0.2) is 75.4 Å². The molecule has 0 spiro atoms. The molecule has 0 aliphatic carbocycles. The van der Waals surface area contributed by atoms with Gasteiger partial charge in [-0.2, -0.15) is 8.62 Å². The van der Waals surface area contributed by atoms with Crippen LogP contribution < -0.4 is 5.73 Å². The predicted molar refractivity (Wildman–Crippen MR) is 119 cm³/mol. The first-order chi connectivity index (χ1) is 16.7. The van der Waals surface area contributed by atoms with Gasteiger partial charge in [-0.25, -0.2) is 28.6 Å². The summed E-state index contributed by atoms with van der Waals surface area (Å²) < 4.78 is 59.9. The molecule has 3 heterocycles. The molecule has 0 bridgehead atoms. The number of anilines is 1. The van der Waals surface area contributed by atoms with Gasteiger partial charge in [-0.15, -0.1) is 6.58 Å². The lowest BCUT2D eigenvalue weighted by Crippen LogP contribution is -2.33. The molecule has 1 fully saturated rings. The number of rotatable bonds is 12. The molecule has 0 amide bonds. The minimum Gasteiger partial charge on any atom is -0.387 e. The number of phosphoric acid groups is 3. The second kappa shape index (κ2) is 11.0. The largest absolute Gasteiger partial charge is 0.490 e. The maximum atomic E-state index is 12.1. The Morgan fingerprint density at radius 2 is 1.81 bits per heavy atom. The zero-order valence-electron chi connectivity index (χ0n) is 18.5. The molecule has 8 atom stereocenters. The molecule has 0 radical (unpaired) electrons. The number of nitrogens with zero attached hydrogens (tertiary/aromatic N) is 4. The Morgan fingerprint density at radius 3 is 2.44 bits per heavy atom. The van der Waals surface area contributed by atoms with Crippen molar-refractivity contribution >= 4 is 40.4 Å². The van der Waals surface area contributed by atoms with Crippen molar-refractivity contribution in [1.29, 1.82) is 0 Å². The molecule has 3 rings (SSSR count). The van der Waals surface area contributed by atoms with E-state index in [1.54, 1.807) is 6.92 Å². The lowest BCUT2D eigenvalue weighted by Gasteiger charge is -2.21. The van der Waals surface area contributed by atoms with Crippen LogP contribution in [0.3, 0.4) is 0 Å². The average Bonchev–Trinajstić information content (AvgIpc) is 3.31. The van der Waals surface area contributed by atoms with Gasteiger partial charge in [0.2, 0.25) is 0 Å². The Kier molecular flexibility index (Phi) is 8.85. The highest BCUT2D eigenvalue weighted by molar-refractivity contribution is 7.66. The van der Waals surface area contributed by atoms with Gasteiger partial charge in [-0.1, -0.05) is 13.0 Å². The number of aromatic nitrogens is 4. The van der Waals surface area contributed by atoms with E-state index in [0.29, 0.717) is 0 Å². The summed E-state index contributed by atoms with van der Waals surface area (Å²) in [6, 6.07) is 0. The van der Waals surface area contributed by atoms with Crippen molar-refractivity contribution in [2.24, 2.45) is 0 Å². The summed E-state index contributed by atoms with van der Waals surface area (Å²) in [6.45, 7) is 3.95. The fourth-order valence-electron chi connectivity index (χ4n) is 3.09. The van der Waals surface area contributed by atoms with Gasteiger partial charge >= 0.3 is 23.5 Å². The Bertz CT molecular complexity index is 1240. The highest BCUT2D eigenvalue weighted by atomic mass is 31.3. The summed E-state index contributed by atoms with van der Waals surface area (Å²) in [4.78, 5) is 40.8. The Balaban J connectivity index is 1.64. The summed E-state index contributed by atoms with van der Waals surface area (Å²) in [6.07, 6.45) is -3.40. The number of aliphatic hydroxyl groups is 2. The average molecular weight is 575 g/mol. The second-order valence-electron chi connectivity index (χ2n) is 7.28. The highest BCUT2D eigenvalue weighted by Gasteiger charge is 2.47. The maximum Gasteiger partial charge on any atom is 0.490 e. The van der Waals surface area contributed by atoms with Gasteiger partial charge in [0, 0.05) is 0 Å². The first kappa shape index (κ1) is 28.9. The number of nitrogens with two attached hydrogens (primary N) is 1. The number of phosphoric ester groups is 2. The molecule has 21 heteroatoms. The molecular formula is C15H24N5O13P3. The van der Waals surface area contributed by atoms with Crippen LogP contribution in [0.2, 0.25) is 0 Å². The summed E-state index contributed by atoms with van der Waals surface area (Å²) >= 11 is 0. The molecule has 36 heavy (non-hydrogen) atoms. The first-order valence-electron chi connectivity index (χ1n) is 9.99. The minimum atomic E-state index is -5.69. The van der Waals surface area contributed by atoms with Crippen molar-refractivity contribution in [2.45, 2.75) is 44.0 Å². The summed E-state index contributed by atoms with van der Waals surface area (Å²) in [5.41, 5.74) is 6.06. The van der Waals surface area contributed by atoms with E-state index in [4.69, 9.17) is 10.5 Å². The van der Waals surface area contributed by atoms with Gasteiger partial charge in [0.15, 0.2) is 17.7 Å². The van der Waals surface area contributed by atoms with Crippen molar-refractivity contribution < 1.29 is 61.0 Å². The summed E-state index contributed by atoms with van der Waals surface area (Å²) in [7, 11) is -16.4. The molecule has 2 aromatic heterocycles. The molecule has 4 unspecified atom stereocenters. The van der Waals surface area contributed by atoms with E-state index in [1.165, 1.54) is 10.9 Å². The SMILES string of the molecule is C=CC(CC)OP(=O)(O)OP(=O)(O)OP(=O)(O)OC[C@H]1O[C@@H](n2cnc3c(N)ncnc32)[C@H](O)[C@@H]1O. The molecule has 0 aromatic carbocycles. The number of hydrogen-bond donors (Lipinski definition) is 6. The number of aliphatic hydroxyl groups excluding tert-OH is 2. The van der Waals surface area contributed by atoms with Crippen LogP contribution in [0.1, 0.15) is 19.6 Å². The van der Waals surface area contributed by atoms with Crippen molar-refractivity contribution in [3.8, 4) is 0 Å². The van der Waals surface area contributed by atoms with Crippen LogP contribution in [0.4, 0.5) is 5.82 Å². The summed E-state index contributed by atoms with van der Waals surface area (Å²) in [5, 5.41) is 20.7. The quantitative estimate of drug-likeness (QED) is 0.147. The molecule has 7 N–H and O–H groups in total. The second-order valence-corrected chi connectivity index (χ2v) is 11.9. The molecule has 1 aliphatic heterocycles. The molecule has 2 aromatic rings. The molecule has 0 saturated carbocycles. The Labute approximate surface area is 203 Å². The standard InChI is InChI=1S/C15H24N5O13P3/c1-3-8(4-2)31-35(25,26)33-36(27,28)32-34(23,24)29-5-9-11(21)12(22)15(30-9)20-7-19-10-13(16)17-6-18-14(10)20/h3,6-9,11-12,15,21-22H,1,4-5H2,2H3,(H,23,24)(H,25,26)(H,27,28)(H2,16,17,18)/t8?,9-,11-,12-,15-/m1/s1. The topological polar surface area (TPSA) is 268 Å². The number of ether oxygens (including phenoxy) is 1. The van der Waals surface area contributed by atoms with Gasteiger partial charge in [-0.3, -0.25) is 13.6 Å². The van der Waals surface area contributed by atoms with Crippen LogP contribution in [0.15, 0.2) is 25.3 Å². The van der Waals surface area contributed by atoms with Gasteiger partial charge in [-0.05, 0) is 6.42 Å². The maximum absolute atomic E-state index is 12.1. The van der Waals surface area contributed by atoms with E-state index in [1.807, 2.05) is 0 Å². The fourth-order valence-corrected chi connectivity index (χ4v) is 6.82. The smallest absolute Gasteiger partial charge is 0.387 e.